The van der Waals surface area contributed by atoms with Crippen molar-refractivity contribution in [1.29, 1.82) is 0 Å². The smallest absolute Gasteiger partial charge is 0.188 e. The summed E-state index contributed by atoms with van der Waals surface area (Å²) in [5.41, 5.74) is 2.00. The van der Waals surface area contributed by atoms with Gasteiger partial charge in [-0.25, -0.2) is 4.98 Å². The Morgan fingerprint density at radius 3 is 2.83 bits per heavy atom. The van der Waals surface area contributed by atoms with Crippen molar-refractivity contribution in [3.05, 3.63) is 51.1 Å². The SMILES string of the molecule is Clc1ccc2sc(Nc3ccccc3I)nc2c1. The van der Waals surface area contributed by atoms with Gasteiger partial charge in [0.1, 0.15) is 0 Å². The molecule has 3 rings (SSSR count). The first kappa shape index (κ1) is 12.2. The van der Waals surface area contributed by atoms with Crippen LogP contribution >= 0.6 is 45.5 Å². The highest BCUT2D eigenvalue weighted by atomic mass is 127. The van der Waals surface area contributed by atoms with Crippen molar-refractivity contribution < 1.29 is 0 Å². The van der Waals surface area contributed by atoms with Crippen molar-refractivity contribution in [3.8, 4) is 0 Å². The number of benzene rings is 2. The third-order valence-electron chi connectivity index (χ3n) is 2.47. The summed E-state index contributed by atoms with van der Waals surface area (Å²) in [5.74, 6) is 0. The first-order valence-corrected chi connectivity index (χ1v) is 7.57. The summed E-state index contributed by atoms with van der Waals surface area (Å²) < 4.78 is 2.31. The molecule has 3 aromatic rings. The summed E-state index contributed by atoms with van der Waals surface area (Å²) in [6.45, 7) is 0. The van der Waals surface area contributed by atoms with Gasteiger partial charge in [-0.2, -0.15) is 0 Å². The van der Waals surface area contributed by atoms with Gasteiger partial charge in [0.05, 0.1) is 15.9 Å². The summed E-state index contributed by atoms with van der Waals surface area (Å²) >= 11 is 9.89. The van der Waals surface area contributed by atoms with E-state index in [2.05, 4.69) is 39.0 Å². The fourth-order valence-electron chi connectivity index (χ4n) is 1.63. The van der Waals surface area contributed by atoms with Crippen molar-refractivity contribution in [3.63, 3.8) is 0 Å². The highest BCUT2D eigenvalue weighted by Gasteiger charge is 2.06. The van der Waals surface area contributed by atoms with E-state index in [0.29, 0.717) is 5.02 Å². The van der Waals surface area contributed by atoms with Gasteiger partial charge < -0.3 is 5.32 Å². The number of aromatic nitrogens is 1. The van der Waals surface area contributed by atoms with Crippen LogP contribution in [-0.4, -0.2) is 4.98 Å². The summed E-state index contributed by atoms with van der Waals surface area (Å²) in [5, 5.41) is 4.94. The molecule has 0 radical (unpaired) electrons. The van der Waals surface area contributed by atoms with Gasteiger partial charge in [-0.1, -0.05) is 35.1 Å². The van der Waals surface area contributed by atoms with Crippen molar-refractivity contribution in [2.24, 2.45) is 0 Å². The molecule has 0 atom stereocenters. The third kappa shape index (κ3) is 2.46. The number of anilines is 2. The Balaban J connectivity index is 1.98. The Hall–Kier alpha value is -0.850. The van der Waals surface area contributed by atoms with E-state index in [1.54, 1.807) is 11.3 Å². The maximum atomic E-state index is 5.96. The molecule has 0 bridgehead atoms. The zero-order valence-electron chi connectivity index (χ0n) is 9.15. The number of fused-ring (bicyclic) bond motifs is 1. The van der Waals surface area contributed by atoms with Crippen molar-refractivity contribution in [2.75, 3.05) is 5.32 Å². The summed E-state index contributed by atoms with van der Waals surface area (Å²) in [7, 11) is 0. The third-order valence-corrected chi connectivity index (χ3v) is 4.59. The highest BCUT2D eigenvalue weighted by molar-refractivity contribution is 14.1. The van der Waals surface area contributed by atoms with Gasteiger partial charge in [-0.05, 0) is 52.9 Å². The van der Waals surface area contributed by atoms with E-state index in [1.165, 1.54) is 3.57 Å². The van der Waals surface area contributed by atoms with Crippen molar-refractivity contribution in [1.82, 2.24) is 4.98 Å². The molecule has 0 aliphatic heterocycles. The largest absolute Gasteiger partial charge is 0.331 e. The Kier molecular flexibility index (Phi) is 3.41. The molecule has 5 heteroatoms. The maximum Gasteiger partial charge on any atom is 0.188 e. The van der Waals surface area contributed by atoms with E-state index in [4.69, 9.17) is 11.6 Å². The Labute approximate surface area is 127 Å². The zero-order chi connectivity index (χ0) is 12.5. The standard InChI is InChI=1S/C13H8ClIN2S/c14-8-5-6-12-11(7-8)17-13(18-12)16-10-4-2-1-3-9(10)15/h1-7H,(H,16,17). The lowest BCUT2D eigenvalue weighted by atomic mass is 10.3. The number of thiazole rings is 1. The molecular weight excluding hydrogens is 379 g/mol. The van der Waals surface area contributed by atoms with E-state index in [-0.39, 0.29) is 0 Å². The molecule has 1 heterocycles. The Bertz CT molecular complexity index is 711. The van der Waals surface area contributed by atoms with Crippen LogP contribution in [0.4, 0.5) is 10.8 Å². The first-order valence-electron chi connectivity index (χ1n) is 5.30. The van der Waals surface area contributed by atoms with Crippen LogP contribution in [-0.2, 0) is 0 Å². The molecule has 0 saturated carbocycles. The number of nitrogens with zero attached hydrogens (tertiary/aromatic N) is 1. The quantitative estimate of drug-likeness (QED) is 0.605. The topological polar surface area (TPSA) is 24.9 Å². The molecular formula is C13H8ClIN2S. The minimum absolute atomic E-state index is 0.716. The normalized spacial score (nSPS) is 10.8. The number of para-hydroxylation sites is 1. The van der Waals surface area contributed by atoms with Crippen LogP contribution in [0.5, 0.6) is 0 Å². The minimum Gasteiger partial charge on any atom is -0.331 e. The second-order valence-corrected chi connectivity index (χ2v) is 6.37. The van der Waals surface area contributed by atoms with E-state index in [9.17, 15) is 0 Å². The molecule has 90 valence electrons. The van der Waals surface area contributed by atoms with E-state index in [0.717, 1.165) is 21.0 Å². The van der Waals surface area contributed by atoms with Gasteiger partial charge in [-0.15, -0.1) is 0 Å². The van der Waals surface area contributed by atoms with Crippen LogP contribution in [0.3, 0.4) is 0 Å². The lowest BCUT2D eigenvalue weighted by molar-refractivity contribution is 1.43. The predicted octanol–water partition coefficient (Wildman–Crippen LogP) is 5.30. The fourth-order valence-corrected chi connectivity index (χ4v) is 3.18. The number of nitrogens with one attached hydrogen (secondary N) is 1. The Morgan fingerprint density at radius 2 is 2.00 bits per heavy atom. The first-order chi connectivity index (χ1) is 8.72. The van der Waals surface area contributed by atoms with Crippen molar-refractivity contribution in [2.45, 2.75) is 0 Å². The average molecular weight is 387 g/mol. The molecule has 18 heavy (non-hydrogen) atoms. The molecule has 0 saturated heterocycles. The summed E-state index contributed by atoms with van der Waals surface area (Å²) in [4.78, 5) is 4.53. The molecule has 0 unspecified atom stereocenters. The van der Waals surface area contributed by atoms with Crippen molar-refractivity contribution >= 4 is 66.6 Å². The van der Waals surface area contributed by atoms with Crippen LogP contribution in [0, 0.1) is 3.57 Å². The van der Waals surface area contributed by atoms with Gasteiger partial charge in [0.2, 0.25) is 0 Å². The molecule has 1 aromatic heterocycles. The average Bonchev–Trinajstić information content (AvgIpc) is 2.73. The molecule has 0 aliphatic rings. The number of rotatable bonds is 2. The molecule has 0 fully saturated rings. The Morgan fingerprint density at radius 1 is 1.17 bits per heavy atom. The number of hydrogen-bond donors (Lipinski definition) is 1. The second kappa shape index (κ2) is 5.03. The minimum atomic E-state index is 0.716. The summed E-state index contributed by atoms with van der Waals surface area (Å²) in [6.07, 6.45) is 0. The molecule has 2 nitrogen and oxygen atoms in total. The predicted molar refractivity (Wildman–Crippen MR) is 87.1 cm³/mol. The lowest BCUT2D eigenvalue weighted by Crippen LogP contribution is -1.91. The van der Waals surface area contributed by atoms with E-state index in [1.807, 2.05) is 36.4 Å². The van der Waals surface area contributed by atoms with E-state index < -0.39 is 0 Å². The van der Waals surface area contributed by atoms with Crippen LogP contribution in [0.1, 0.15) is 0 Å². The maximum absolute atomic E-state index is 5.96. The summed E-state index contributed by atoms with van der Waals surface area (Å²) in [6, 6.07) is 13.9. The zero-order valence-corrected chi connectivity index (χ0v) is 12.9. The van der Waals surface area contributed by atoms with Gasteiger partial charge >= 0.3 is 0 Å². The molecule has 0 aliphatic carbocycles. The number of hydrogen-bond acceptors (Lipinski definition) is 3. The monoisotopic (exact) mass is 386 g/mol. The fraction of sp³-hybridized carbons (Fsp3) is 0. The van der Waals surface area contributed by atoms with Gasteiger partial charge in [0.15, 0.2) is 5.13 Å². The lowest BCUT2D eigenvalue weighted by Gasteiger charge is -2.03. The molecule has 0 spiro atoms. The van der Waals surface area contributed by atoms with Gasteiger partial charge in [0, 0.05) is 8.59 Å². The van der Waals surface area contributed by atoms with Crippen LogP contribution in [0.15, 0.2) is 42.5 Å². The number of halogens is 2. The van der Waals surface area contributed by atoms with Gasteiger partial charge in [-0.3, -0.25) is 0 Å². The molecule has 2 aromatic carbocycles. The second-order valence-electron chi connectivity index (χ2n) is 3.74. The van der Waals surface area contributed by atoms with E-state index >= 15 is 0 Å². The van der Waals surface area contributed by atoms with Crippen LogP contribution in [0.2, 0.25) is 5.02 Å². The molecule has 1 N–H and O–H groups in total. The highest BCUT2D eigenvalue weighted by Crippen LogP contribution is 2.31. The molecule has 0 amide bonds. The van der Waals surface area contributed by atoms with Gasteiger partial charge in [0.25, 0.3) is 0 Å². The van der Waals surface area contributed by atoms with Crippen LogP contribution < -0.4 is 5.32 Å². The van der Waals surface area contributed by atoms with Crippen LogP contribution in [0.25, 0.3) is 10.2 Å².